The molecular weight excluding hydrogens is 256 g/mol. The summed E-state index contributed by atoms with van der Waals surface area (Å²) in [6, 6.07) is 8.88. The SMILES string of the molecule is CCOC(=O)CN(Cc1ccccc1)S(N)(=O)=O. The van der Waals surface area contributed by atoms with Crippen LogP contribution in [0, 0.1) is 0 Å². The Morgan fingerprint density at radius 1 is 1.33 bits per heavy atom. The van der Waals surface area contributed by atoms with Crippen molar-refractivity contribution in [3.05, 3.63) is 35.9 Å². The molecule has 7 heteroatoms. The maximum atomic E-state index is 11.4. The zero-order valence-electron chi connectivity index (χ0n) is 10.1. The lowest BCUT2D eigenvalue weighted by molar-refractivity contribution is -0.143. The molecule has 2 N–H and O–H groups in total. The van der Waals surface area contributed by atoms with Crippen LogP contribution < -0.4 is 5.14 Å². The molecule has 6 nitrogen and oxygen atoms in total. The maximum Gasteiger partial charge on any atom is 0.321 e. The van der Waals surface area contributed by atoms with E-state index in [1.807, 2.05) is 6.07 Å². The summed E-state index contributed by atoms with van der Waals surface area (Å²) in [5, 5.41) is 5.06. The van der Waals surface area contributed by atoms with Crippen molar-refractivity contribution < 1.29 is 17.9 Å². The van der Waals surface area contributed by atoms with Gasteiger partial charge in [-0.15, -0.1) is 0 Å². The van der Waals surface area contributed by atoms with E-state index in [4.69, 9.17) is 9.88 Å². The highest BCUT2D eigenvalue weighted by Gasteiger charge is 2.21. The second-order valence-electron chi connectivity index (χ2n) is 3.60. The van der Waals surface area contributed by atoms with Crippen LogP contribution in [0.3, 0.4) is 0 Å². The lowest BCUT2D eigenvalue weighted by atomic mass is 10.2. The Balaban J connectivity index is 2.78. The van der Waals surface area contributed by atoms with E-state index in [1.165, 1.54) is 0 Å². The van der Waals surface area contributed by atoms with Gasteiger partial charge in [0.1, 0.15) is 6.54 Å². The number of hydrogen-bond donors (Lipinski definition) is 1. The largest absolute Gasteiger partial charge is 0.465 e. The molecule has 0 bridgehead atoms. The summed E-state index contributed by atoms with van der Waals surface area (Å²) in [4.78, 5) is 11.3. The van der Waals surface area contributed by atoms with Crippen LogP contribution in [0.15, 0.2) is 30.3 Å². The van der Waals surface area contributed by atoms with Crippen molar-refractivity contribution in [3.63, 3.8) is 0 Å². The lowest BCUT2D eigenvalue weighted by Crippen LogP contribution is -2.40. The minimum absolute atomic E-state index is 0.0402. The molecule has 0 aliphatic rings. The van der Waals surface area contributed by atoms with Crippen LogP contribution in [0.1, 0.15) is 12.5 Å². The summed E-state index contributed by atoms with van der Waals surface area (Å²) < 4.78 is 28.3. The van der Waals surface area contributed by atoms with Gasteiger partial charge in [0, 0.05) is 6.54 Å². The molecule has 0 aliphatic carbocycles. The summed E-state index contributed by atoms with van der Waals surface area (Å²) >= 11 is 0. The average molecular weight is 272 g/mol. The Kier molecular flexibility index (Phi) is 5.26. The number of ether oxygens (including phenoxy) is 1. The van der Waals surface area contributed by atoms with Gasteiger partial charge in [-0.25, -0.2) is 5.14 Å². The van der Waals surface area contributed by atoms with E-state index in [0.717, 1.165) is 9.87 Å². The second kappa shape index (κ2) is 6.48. The topological polar surface area (TPSA) is 89.7 Å². The van der Waals surface area contributed by atoms with Crippen LogP contribution in [0.2, 0.25) is 0 Å². The molecule has 0 saturated carbocycles. The summed E-state index contributed by atoms with van der Waals surface area (Å²) in [6.45, 7) is 1.50. The maximum absolute atomic E-state index is 11.4. The smallest absolute Gasteiger partial charge is 0.321 e. The average Bonchev–Trinajstić information content (AvgIpc) is 2.28. The summed E-state index contributed by atoms with van der Waals surface area (Å²) in [5.41, 5.74) is 0.746. The van der Waals surface area contributed by atoms with Crippen LogP contribution in [-0.2, 0) is 26.3 Å². The Bertz CT molecular complexity index is 487. The molecule has 0 amide bonds. The van der Waals surface area contributed by atoms with Gasteiger partial charge in [0.05, 0.1) is 6.61 Å². The highest BCUT2D eigenvalue weighted by Crippen LogP contribution is 2.06. The summed E-state index contributed by atoms with van der Waals surface area (Å²) in [7, 11) is -3.94. The normalized spacial score (nSPS) is 11.5. The first kappa shape index (κ1) is 14.6. The van der Waals surface area contributed by atoms with Gasteiger partial charge >= 0.3 is 5.97 Å². The Hall–Kier alpha value is -1.44. The minimum atomic E-state index is -3.94. The molecule has 0 saturated heterocycles. The minimum Gasteiger partial charge on any atom is -0.465 e. The first-order valence-electron chi connectivity index (χ1n) is 5.41. The predicted molar refractivity (Wildman–Crippen MR) is 66.6 cm³/mol. The Morgan fingerprint density at radius 2 is 1.94 bits per heavy atom. The highest BCUT2D eigenvalue weighted by molar-refractivity contribution is 7.86. The Labute approximate surface area is 107 Å². The molecule has 1 aromatic carbocycles. The number of carbonyl (C=O) groups is 1. The third kappa shape index (κ3) is 4.82. The third-order valence-electron chi connectivity index (χ3n) is 2.17. The predicted octanol–water partition coefficient (Wildman–Crippen LogP) is 0.255. The number of benzene rings is 1. The van der Waals surface area contributed by atoms with E-state index in [2.05, 4.69) is 0 Å². The number of esters is 1. The number of nitrogens with two attached hydrogens (primary N) is 1. The standard InChI is InChI=1S/C11H16N2O4S/c1-2-17-11(14)9-13(18(12,15)16)8-10-6-4-3-5-7-10/h3-7H,2,8-9H2,1H3,(H2,12,15,16). The molecular formula is C11H16N2O4S. The van der Waals surface area contributed by atoms with Crippen molar-refractivity contribution in [1.29, 1.82) is 0 Å². The molecule has 0 atom stereocenters. The summed E-state index contributed by atoms with van der Waals surface area (Å²) in [6.07, 6.45) is 0. The van der Waals surface area contributed by atoms with Crippen LogP contribution in [0.4, 0.5) is 0 Å². The van der Waals surface area contributed by atoms with Crippen molar-refractivity contribution >= 4 is 16.2 Å². The molecule has 100 valence electrons. The van der Waals surface area contributed by atoms with Crippen LogP contribution in [0.25, 0.3) is 0 Å². The van der Waals surface area contributed by atoms with E-state index < -0.39 is 16.2 Å². The van der Waals surface area contributed by atoms with Gasteiger partial charge in [-0.05, 0) is 12.5 Å². The second-order valence-corrected chi connectivity index (χ2v) is 5.15. The van der Waals surface area contributed by atoms with Crippen molar-refractivity contribution in [3.8, 4) is 0 Å². The molecule has 0 aromatic heterocycles. The zero-order valence-corrected chi connectivity index (χ0v) is 10.9. The number of carbonyl (C=O) groups excluding carboxylic acids is 1. The van der Waals surface area contributed by atoms with Crippen LogP contribution in [0.5, 0.6) is 0 Å². The number of nitrogens with zero attached hydrogens (tertiary/aromatic N) is 1. The molecule has 0 fully saturated rings. The van der Waals surface area contributed by atoms with Crippen molar-refractivity contribution in [2.45, 2.75) is 13.5 Å². The van der Waals surface area contributed by atoms with Gasteiger partial charge < -0.3 is 4.74 Å². The molecule has 0 aliphatic heterocycles. The lowest BCUT2D eigenvalue weighted by Gasteiger charge is -2.18. The monoisotopic (exact) mass is 272 g/mol. The first-order chi connectivity index (χ1) is 8.43. The molecule has 1 rings (SSSR count). The molecule has 18 heavy (non-hydrogen) atoms. The van der Waals surface area contributed by atoms with E-state index in [1.54, 1.807) is 31.2 Å². The molecule has 0 unspecified atom stereocenters. The first-order valence-corrected chi connectivity index (χ1v) is 6.91. The van der Waals surface area contributed by atoms with Gasteiger partial charge in [0.2, 0.25) is 0 Å². The number of hydrogen-bond acceptors (Lipinski definition) is 4. The summed E-state index contributed by atoms with van der Waals surface area (Å²) in [5.74, 6) is -0.623. The fourth-order valence-electron chi connectivity index (χ4n) is 1.37. The third-order valence-corrected chi connectivity index (χ3v) is 3.15. The van der Waals surface area contributed by atoms with E-state index in [0.29, 0.717) is 0 Å². The van der Waals surface area contributed by atoms with Crippen molar-refractivity contribution in [2.24, 2.45) is 5.14 Å². The van der Waals surface area contributed by atoms with E-state index in [9.17, 15) is 13.2 Å². The van der Waals surface area contributed by atoms with Crippen LogP contribution in [-0.4, -0.2) is 31.8 Å². The van der Waals surface area contributed by atoms with E-state index in [-0.39, 0.29) is 19.7 Å². The van der Waals surface area contributed by atoms with Crippen molar-refractivity contribution in [2.75, 3.05) is 13.2 Å². The quantitative estimate of drug-likeness (QED) is 0.752. The van der Waals surface area contributed by atoms with Gasteiger partial charge in [0.15, 0.2) is 0 Å². The molecule has 0 heterocycles. The van der Waals surface area contributed by atoms with Gasteiger partial charge in [-0.1, -0.05) is 30.3 Å². The zero-order chi connectivity index (χ0) is 13.6. The van der Waals surface area contributed by atoms with Crippen LogP contribution >= 0.6 is 0 Å². The molecule has 1 aromatic rings. The number of rotatable bonds is 6. The van der Waals surface area contributed by atoms with Gasteiger partial charge in [-0.3, -0.25) is 4.79 Å². The fourth-order valence-corrected chi connectivity index (χ4v) is 1.99. The molecule has 0 spiro atoms. The van der Waals surface area contributed by atoms with Gasteiger partial charge in [-0.2, -0.15) is 12.7 Å². The molecule has 0 radical (unpaired) electrons. The fraction of sp³-hybridized carbons (Fsp3) is 0.364. The van der Waals surface area contributed by atoms with E-state index >= 15 is 0 Å². The van der Waals surface area contributed by atoms with Gasteiger partial charge in [0.25, 0.3) is 10.2 Å². The Morgan fingerprint density at radius 3 is 2.44 bits per heavy atom. The highest BCUT2D eigenvalue weighted by atomic mass is 32.2. The van der Waals surface area contributed by atoms with Crippen molar-refractivity contribution in [1.82, 2.24) is 4.31 Å².